The number of nitrogens with one attached hydrogen (secondary N) is 1. The van der Waals surface area contributed by atoms with Crippen LogP contribution in [0.1, 0.15) is 35.8 Å². The van der Waals surface area contributed by atoms with Crippen molar-refractivity contribution in [1.82, 2.24) is 9.78 Å². The van der Waals surface area contributed by atoms with Gasteiger partial charge < -0.3 is 10.1 Å². The molecule has 0 bridgehead atoms. The lowest BCUT2D eigenvalue weighted by Crippen LogP contribution is -2.31. The number of rotatable bonds is 6. The zero-order valence-electron chi connectivity index (χ0n) is 19.5. The first kappa shape index (κ1) is 23.5. The molecule has 10 heteroatoms. The molecule has 34 heavy (non-hydrogen) atoms. The molecule has 0 atom stereocenters. The van der Waals surface area contributed by atoms with Gasteiger partial charge in [0.15, 0.2) is 0 Å². The molecule has 0 unspecified atom stereocenters. The Balaban J connectivity index is 1.83. The second-order valence-corrected chi connectivity index (χ2v) is 9.84. The summed E-state index contributed by atoms with van der Waals surface area (Å²) in [5.41, 5.74) is 2.67. The van der Waals surface area contributed by atoms with E-state index in [1.807, 2.05) is 0 Å². The number of hydrogen-bond donors (Lipinski definition) is 1. The molecule has 0 saturated carbocycles. The molecule has 0 radical (unpaired) electrons. The van der Waals surface area contributed by atoms with Crippen LogP contribution in [0.2, 0.25) is 0 Å². The van der Waals surface area contributed by atoms with Crippen molar-refractivity contribution in [3.63, 3.8) is 0 Å². The number of carbonyl (C=O) groups is 2. The lowest BCUT2D eigenvalue weighted by molar-refractivity contribution is -0.116. The molecule has 178 valence electrons. The molecule has 9 nitrogen and oxygen atoms in total. The Morgan fingerprint density at radius 3 is 2.44 bits per heavy atom. The van der Waals surface area contributed by atoms with E-state index in [9.17, 15) is 18.0 Å². The molecule has 1 amide bonds. The minimum atomic E-state index is -3.92. The van der Waals surface area contributed by atoms with Gasteiger partial charge in [-0.3, -0.25) is 13.9 Å². The van der Waals surface area contributed by atoms with Crippen molar-refractivity contribution in [3.05, 3.63) is 53.7 Å². The Bertz CT molecular complexity index is 1380. The lowest BCUT2D eigenvalue weighted by atomic mass is 10.0. The van der Waals surface area contributed by atoms with Crippen molar-refractivity contribution in [1.29, 1.82) is 0 Å². The molecule has 0 spiro atoms. The Kier molecular flexibility index (Phi) is 6.18. The maximum absolute atomic E-state index is 13.7. The largest absolute Gasteiger partial charge is 0.497 e. The maximum Gasteiger partial charge on any atom is 0.264 e. The molecular weight excluding hydrogens is 456 g/mol. The molecule has 0 aliphatic carbocycles. The number of hydrogen-bond acceptors (Lipinski definition) is 6. The summed E-state index contributed by atoms with van der Waals surface area (Å²) in [7, 11) is -2.37. The first-order valence-electron chi connectivity index (χ1n) is 10.9. The standard InChI is InChI=1S/C24H26N4O5S/c1-5-27(18-8-10-19(33-4)11-9-18)34(31,32)20-14-17(7-6-15(20)2)23-16(3)26-28-22(30)13-12-21(29)25-24(23)28/h6-11,14H,5,12-13H2,1-4H3,(H,25,29). The number of aryl methyl sites for hydroxylation is 2. The quantitative estimate of drug-likeness (QED) is 0.573. The fraction of sp³-hybridized carbons (Fsp3) is 0.292. The number of sulfonamides is 1. The zero-order valence-corrected chi connectivity index (χ0v) is 20.3. The van der Waals surface area contributed by atoms with E-state index in [-0.39, 0.29) is 41.9 Å². The third-order valence-corrected chi connectivity index (χ3v) is 7.86. The van der Waals surface area contributed by atoms with E-state index in [1.165, 1.54) is 8.99 Å². The van der Waals surface area contributed by atoms with Crippen LogP contribution >= 0.6 is 0 Å². The van der Waals surface area contributed by atoms with Crippen LogP contribution in [0.25, 0.3) is 11.1 Å². The van der Waals surface area contributed by atoms with Gasteiger partial charge in [0.05, 0.1) is 23.4 Å². The van der Waals surface area contributed by atoms with Crippen molar-refractivity contribution in [2.45, 2.75) is 38.5 Å². The van der Waals surface area contributed by atoms with Crippen LogP contribution in [0.15, 0.2) is 47.4 Å². The van der Waals surface area contributed by atoms with Crippen molar-refractivity contribution in [2.75, 3.05) is 23.3 Å². The minimum Gasteiger partial charge on any atom is -0.497 e. The van der Waals surface area contributed by atoms with E-state index in [4.69, 9.17) is 4.74 Å². The summed E-state index contributed by atoms with van der Waals surface area (Å²) in [4.78, 5) is 24.8. The fourth-order valence-electron chi connectivity index (χ4n) is 4.08. The van der Waals surface area contributed by atoms with E-state index < -0.39 is 10.0 Å². The van der Waals surface area contributed by atoms with E-state index in [2.05, 4.69) is 10.4 Å². The SMILES string of the molecule is CCN(c1ccc(OC)cc1)S(=O)(=O)c1cc(-c2c(C)nn3c2NC(=O)CCC3=O)ccc1C. The van der Waals surface area contributed by atoms with E-state index in [0.717, 1.165) is 0 Å². The number of fused-ring (bicyclic) bond motifs is 1. The first-order chi connectivity index (χ1) is 16.2. The zero-order chi connectivity index (χ0) is 24.6. The molecule has 2 heterocycles. The predicted octanol–water partition coefficient (Wildman–Crippen LogP) is 3.76. The Labute approximate surface area is 198 Å². The van der Waals surface area contributed by atoms with E-state index in [0.29, 0.717) is 33.8 Å². The molecule has 4 rings (SSSR count). The predicted molar refractivity (Wildman–Crippen MR) is 129 cm³/mol. The summed E-state index contributed by atoms with van der Waals surface area (Å²) in [5.74, 6) is 0.313. The van der Waals surface area contributed by atoms with Gasteiger partial charge in [-0.1, -0.05) is 12.1 Å². The number of anilines is 2. The van der Waals surface area contributed by atoms with Crippen molar-refractivity contribution >= 4 is 33.3 Å². The summed E-state index contributed by atoms with van der Waals surface area (Å²) < 4.78 is 35.2. The molecular formula is C24H26N4O5S. The van der Waals surface area contributed by atoms with Crippen LogP contribution in [0.4, 0.5) is 11.5 Å². The topological polar surface area (TPSA) is 111 Å². The molecule has 2 aromatic carbocycles. The number of benzene rings is 2. The number of nitrogens with zero attached hydrogens (tertiary/aromatic N) is 3. The van der Waals surface area contributed by atoms with Gasteiger partial charge >= 0.3 is 0 Å². The monoisotopic (exact) mass is 482 g/mol. The van der Waals surface area contributed by atoms with Crippen LogP contribution in [-0.4, -0.2) is 43.7 Å². The van der Waals surface area contributed by atoms with Gasteiger partial charge in [0, 0.05) is 24.9 Å². The number of methoxy groups -OCH3 is 1. The molecule has 0 fully saturated rings. The normalized spacial score (nSPS) is 13.8. The molecule has 0 saturated heterocycles. The third kappa shape index (κ3) is 4.05. The average Bonchev–Trinajstić information content (AvgIpc) is 3.06. The molecule has 1 aliphatic rings. The van der Waals surface area contributed by atoms with Gasteiger partial charge in [-0.2, -0.15) is 9.78 Å². The highest BCUT2D eigenvalue weighted by molar-refractivity contribution is 7.92. The van der Waals surface area contributed by atoms with Crippen LogP contribution in [0.5, 0.6) is 5.75 Å². The smallest absolute Gasteiger partial charge is 0.264 e. The third-order valence-electron chi connectivity index (χ3n) is 5.81. The Morgan fingerprint density at radius 1 is 1.09 bits per heavy atom. The highest BCUT2D eigenvalue weighted by Gasteiger charge is 2.29. The Hall–Kier alpha value is -3.66. The molecule has 3 aromatic rings. The lowest BCUT2D eigenvalue weighted by Gasteiger charge is -2.24. The van der Waals surface area contributed by atoms with E-state index in [1.54, 1.807) is 70.3 Å². The molecule has 1 aliphatic heterocycles. The van der Waals surface area contributed by atoms with Gasteiger partial charge in [0.25, 0.3) is 10.0 Å². The van der Waals surface area contributed by atoms with E-state index >= 15 is 0 Å². The van der Waals surface area contributed by atoms with Gasteiger partial charge in [-0.25, -0.2) is 8.42 Å². The number of aromatic nitrogens is 2. The summed E-state index contributed by atoms with van der Waals surface area (Å²) >= 11 is 0. The average molecular weight is 483 g/mol. The van der Waals surface area contributed by atoms with Crippen molar-refractivity contribution in [3.8, 4) is 16.9 Å². The number of carbonyl (C=O) groups excluding carboxylic acids is 2. The minimum absolute atomic E-state index is 0.0558. The van der Waals surface area contributed by atoms with Crippen LogP contribution in [0.3, 0.4) is 0 Å². The van der Waals surface area contributed by atoms with Crippen LogP contribution < -0.4 is 14.4 Å². The van der Waals surface area contributed by atoms with Gasteiger partial charge in [-0.15, -0.1) is 0 Å². The maximum atomic E-state index is 13.7. The summed E-state index contributed by atoms with van der Waals surface area (Å²) in [6, 6.07) is 11.9. The Morgan fingerprint density at radius 2 is 1.79 bits per heavy atom. The van der Waals surface area contributed by atoms with Crippen molar-refractivity contribution in [2.24, 2.45) is 0 Å². The second-order valence-electron chi connectivity index (χ2n) is 8.01. The molecule has 1 aromatic heterocycles. The number of ether oxygens (including phenoxy) is 1. The summed E-state index contributed by atoms with van der Waals surface area (Å²) in [6.07, 6.45) is 0.127. The number of amides is 1. The van der Waals surface area contributed by atoms with Gasteiger partial charge in [0.1, 0.15) is 11.6 Å². The van der Waals surface area contributed by atoms with Crippen LogP contribution in [0, 0.1) is 13.8 Å². The molecule has 1 N–H and O–H groups in total. The van der Waals surface area contributed by atoms with Gasteiger partial charge in [0.2, 0.25) is 11.8 Å². The first-order valence-corrected chi connectivity index (χ1v) is 12.3. The highest BCUT2D eigenvalue weighted by Crippen LogP contribution is 2.36. The summed E-state index contributed by atoms with van der Waals surface area (Å²) in [5, 5.41) is 7.07. The van der Waals surface area contributed by atoms with Crippen molar-refractivity contribution < 1.29 is 22.7 Å². The highest BCUT2D eigenvalue weighted by atomic mass is 32.2. The van der Waals surface area contributed by atoms with Gasteiger partial charge in [-0.05, 0) is 62.2 Å². The second kappa shape index (κ2) is 8.94. The summed E-state index contributed by atoms with van der Waals surface area (Å²) in [6.45, 7) is 5.45. The van der Waals surface area contributed by atoms with Crippen LogP contribution in [-0.2, 0) is 14.8 Å². The fourth-order valence-corrected chi connectivity index (χ4v) is 5.81.